The highest BCUT2D eigenvalue weighted by Gasteiger charge is 2.26. The first-order valence-electron chi connectivity index (χ1n) is 9.49. The van der Waals surface area contributed by atoms with Crippen LogP contribution < -0.4 is 20.5 Å². The van der Waals surface area contributed by atoms with Crippen LogP contribution in [0.4, 0.5) is 5.69 Å². The summed E-state index contributed by atoms with van der Waals surface area (Å²) in [4.78, 5) is 25.2. The van der Waals surface area contributed by atoms with Crippen LogP contribution in [0, 0.1) is 0 Å². The first kappa shape index (κ1) is 22.4. The van der Waals surface area contributed by atoms with Crippen LogP contribution >= 0.6 is 0 Å². The summed E-state index contributed by atoms with van der Waals surface area (Å²) in [5.74, 6) is 0.301. The van der Waals surface area contributed by atoms with Crippen LogP contribution in [-0.2, 0) is 23.9 Å². The van der Waals surface area contributed by atoms with E-state index in [0.29, 0.717) is 22.5 Å². The van der Waals surface area contributed by atoms with Crippen LogP contribution in [-0.4, -0.2) is 42.9 Å². The number of ether oxygens (including phenoxy) is 2. The van der Waals surface area contributed by atoms with Crippen molar-refractivity contribution in [1.82, 2.24) is 9.13 Å². The molecule has 0 radical (unpaired) electrons. The number of hydrogen-bond acceptors (Lipinski definition) is 6. The van der Waals surface area contributed by atoms with Gasteiger partial charge in [0.2, 0.25) is 0 Å². The number of carbonyl (C=O) groups excluding carboxylic acids is 1. The van der Waals surface area contributed by atoms with E-state index in [1.165, 1.54) is 41.6 Å². The quantitative estimate of drug-likeness (QED) is 0.621. The molecule has 31 heavy (non-hydrogen) atoms. The molecule has 9 nitrogen and oxygen atoms in total. The number of nitrogens with one attached hydrogen (secondary N) is 1. The lowest BCUT2D eigenvalue weighted by Crippen LogP contribution is -2.19. The number of aromatic nitrogens is 2. The summed E-state index contributed by atoms with van der Waals surface area (Å²) in [6.45, 7) is 3.12. The van der Waals surface area contributed by atoms with Gasteiger partial charge in [0.15, 0.2) is 21.3 Å². The molecule has 0 bridgehead atoms. The first-order chi connectivity index (χ1) is 14.5. The van der Waals surface area contributed by atoms with Crippen molar-refractivity contribution in [2.45, 2.75) is 24.0 Å². The number of fused-ring (bicyclic) bond motifs is 1. The third-order valence-electron chi connectivity index (χ3n) is 5.19. The topological polar surface area (TPSA) is 109 Å². The van der Waals surface area contributed by atoms with Crippen molar-refractivity contribution in [3.05, 3.63) is 46.4 Å². The van der Waals surface area contributed by atoms with E-state index in [1.807, 2.05) is 0 Å². The second kappa shape index (κ2) is 8.10. The number of amides is 1. The lowest BCUT2D eigenvalue weighted by molar-refractivity contribution is 0.102. The Bertz CT molecular complexity index is 1340. The average Bonchev–Trinajstić information content (AvgIpc) is 2.95. The van der Waals surface area contributed by atoms with E-state index in [4.69, 9.17) is 9.47 Å². The maximum absolute atomic E-state index is 13.0. The Morgan fingerprint density at radius 2 is 1.55 bits per heavy atom. The summed E-state index contributed by atoms with van der Waals surface area (Å²) in [6.07, 6.45) is 0. The SMILES string of the molecule is COc1ccc(C(=O)Nc2cc3c(cc2S(=O)(=O)C(C)C)n(C)c(=O)n3C)cc1OC. The van der Waals surface area contributed by atoms with Crippen molar-refractivity contribution in [3.63, 3.8) is 0 Å². The Hall–Kier alpha value is -3.27. The van der Waals surface area contributed by atoms with E-state index < -0.39 is 21.0 Å². The molecular formula is C21H25N3O6S. The Morgan fingerprint density at radius 3 is 2.10 bits per heavy atom. The lowest BCUT2D eigenvalue weighted by atomic mass is 10.1. The Labute approximate surface area is 180 Å². The Morgan fingerprint density at radius 1 is 0.968 bits per heavy atom. The third kappa shape index (κ3) is 3.78. The van der Waals surface area contributed by atoms with Gasteiger partial charge in [0.1, 0.15) is 0 Å². The normalized spacial score (nSPS) is 11.7. The number of aryl methyl sites for hydroxylation is 2. The lowest BCUT2D eigenvalue weighted by Gasteiger charge is -2.15. The summed E-state index contributed by atoms with van der Waals surface area (Å²) in [5.41, 5.74) is 1.01. The van der Waals surface area contributed by atoms with E-state index in [1.54, 1.807) is 40.1 Å². The van der Waals surface area contributed by atoms with Gasteiger partial charge in [0.25, 0.3) is 5.91 Å². The second-order valence-corrected chi connectivity index (χ2v) is 9.83. The molecule has 0 fully saturated rings. The highest BCUT2D eigenvalue weighted by atomic mass is 32.2. The molecule has 0 aliphatic rings. The zero-order valence-electron chi connectivity index (χ0n) is 18.2. The van der Waals surface area contributed by atoms with E-state index in [2.05, 4.69) is 5.32 Å². The van der Waals surface area contributed by atoms with Gasteiger partial charge in [-0.05, 0) is 44.2 Å². The molecule has 1 heterocycles. The van der Waals surface area contributed by atoms with Crippen molar-refractivity contribution in [2.24, 2.45) is 14.1 Å². The molecule has 0 unspecified atom stereocenters. The van der Waals surface area contributed by atoms with Crippen LogP contribution in [0.25, 0.3) is 11.0 Å². The van der Waals surface area contributed by atoms with Crippen molar-refractivity contribution >= 4 is 32.5 Å². The zero-order valence-corrected chi connectivity index (χ0v) is 19.0. The van der Waals surface area contributed by atoms with Gasteiger partial charge >= 0.3 is 5.69 Å². The number of hydrogen-bond donors (Lipinski definition) is 1. The molecule has 166 valence electrons. The van der Waals surface area contributed by atoms with Crippen molar-refractivity contribution < 1.29 is 22.7 Å². The minimum atomic E-state index is -3.75. The molecule has 1 amide bonds. The molecular weight excluding hydrogens is 422 g/mol. The minimum Gasteiger partial charge on any atom is -0.493 e. The monoisotopic (exact) mass is 447 g/mol. The number of benzene rings is 2. The van der Waals surface area contributed by atoms with Crippen LogP contribution in [0.15, 0.2) is 40.0 Å². The maximum Gasteiger partial charge on any atom is 0.328 e. The van der Waals surface area contributed by atoms with Crippen LogP contribution in [0.3, 0.4) is 0 Å². The molecule has 0 atom stereocenters. The number of imidazole rings is 1. The highest BCUT2D eigenvalue weighted by Crippen LogP contribution is 2.32. The van der Waals surface area contributed by atoms with Gasteiger partial charge in [-0.15, -0.1) is 0 Å². The summed E-state index contributed by atoms with van der Waals surface area (Å²) in [5, 5.41) is 1.97. The van der Waals surface area contributed by atoms with Gasteiger partial charge in [-0.3, -0.25) is 13.9 Å². The van der Waals surface area contributed by atoms with Gasteiger partial charge in [-0.1, -0.05) is 0 Å². The van der Waals surface area contributed by atoms with Gasteiger partial charge in [0.05, 0.1) is 41.1 Å². The van der Waals surface area contributed by atoms with Crippen LogP contribution in [0.2, 0.25) is 0 Å². The van der Waals surface area contributed by atoms with Gasteiger partial charge in [0, 0.05) is 19.7 Å². The zero-order chi connectivity index (χ0) is 23.1. The molecule has 3 aromatic rings. The number of anilines is 1. The van der Waals surface area contributed by atoms with Crippen LogP contribution in [0.1, 0.15) is 24.2 Å². The largest absolute Gasteiger partial charge is 0.493 e. The first-order valence-corrected chi connectivity index (χ1v) is 11.0. The second-order valence-electron chi connectivity index (χ2n) is 7.36. The van der Waals surface area contributed by atoms with E-state index >= 15 is 0 Å². The Kier molecular flexibility index (Phi) is 5.86. The molecule has 0 saturated heterocycles. The number of carbonyl (C=O) groups is 1. The van der Waals surface area contributed by atoms with E-state index in [0.717, 1.165) is 0 Å². The number of rotatable bonds is 6. The predicted molar refractivity (Wildman–Crippen MR) is 118 cm³/mol. The molecule has 0 spiro atoms. The Balaban J connectivity index is 2.17. The van der Waals surface area contributed by atoms with Crippen molar-refractivity contribution in [1.29, 1.82) is 0 Å². The smallest absolute Gasteiger partial charge is 0.328 e. The van der Waals surface area contributed by atoms with Gasteiger partial charge < -0.3 is 14.8 Å². The summed E-state index contributed by atoms with van der Waals surface area (Å²) in [7, 11) is 2.34. The maximum atomic E-state index is 13.0. The fourth-order valence-electron chi connectivity index (χ4n) is 3.28. The van der Waals surface area contributed by atoms with Gasteiger partial charge in [-0.25, -0.2) is 13.2 Å². The third-order valence-corrected chi connectivity index (χ3v) is 7.39. The fraction of sp³-hybridized carbons (Fsp3) is 0.333. The number of nitrogens with zero attached hydrogens (tertiary/aromatic N) is 2. The molecule has 0 aliphatic carbocycles. The van der Waals surface area contributed by atoms with Crippen molar-refractivity contribution in [2.75, 3.05) is 19.5 Å². The standard InChI is InChI=1S/C21H25N3O6S/c1-12(2)31(27,28)19-11-16-15(23(3)21(26)24(16)4)10-14(19)22-20(25)13-7-8-17(29-5)18(9-13)30-6/h7-12H,1-6H3,(H,22,25). The molecule has 0 aliphatic heterocycles. The fourth-order valence-corrected chi connectivity index (χ4v) is 4.49. The average molecular weight is 448 g/mol. The van der Waals surface area contributed by atoms with Crippen LogP contribution in [0.5, 0.6) is 11.5 Å². The number of sulfone groups is 1. The predicted octanol–water partition coefficient (Wildman–Crippen LogP) is 2.33. The van der Waals surface area contributed by atoms with Gasteiger partial charge in [-0.2, -0.15) is 0 Å². The summed E-state index contributed by atoms with van der Waals surface area (Å²) < 4.78 is 39.2. The van der Waals surface area contributed by atoms with Crippen molar-refractivity contribution in [3.8, 4) is 11.5 Å². The minimum absolute atomic E-state index is 0.0509. The van der Waals surface area contributed by atoms with E-state index in [9.17, 15) is 18.0 Å². The molecule has 3 rings (SSSR count). The molecule has 1 aromatic heterocycles. The van der Waals surface area contributed by atoms with E-state index in [-0.39, 0.29) is 21.8 Å². The molecule has 10 heteroatoms. The number of methoxy groups -OCH3 is 2. The summed E-state index contributed by atoms with van der Waals surface area (Å²) in [6, 6.07) is 7.57. The molecule has 1 N–H and O–H groups in total. The summed E-state index contributed by atoms with van der Waals surface area (Å²) >= 11 is 0. The highest BCUT2D eigenvalue weighted by molar-refractivity contribution is 7.92. The molecule has 2 aromatic carbocycles. The molecule has 0 saturated carbocycles.